The number of aliphatic hydroxyl groups excluding tert-OH is 1. The lowest BCUT2D eigenvalue weighted by atomic mass is 10.0. The Labute approximate surface area is 198 Å². The van der Waals surface area contributed by atoms with Gasteiger partial charge in [0.15, 0.2) is 6.04 Å². The molecule has 5 unspecified atom stereocenters. The molecule has 0 bridgehead atoms. The van der Waals surface area contributed by atoms with Crippen LogP contribution in [0.1, 0.15) is 45.7 Å². The van der Waals surface area contributed by atoms with Gasteiger partial charge in [-0.05, 0) is 38.6 Å². The van der Waals surface area contributed by atoms with E-state index in [0.717, 1.165) is 0 Å². The van der Waals surface area contributed by atoms with Crippen LogP contribution in [-0.4, -0.2) is 80.7 Å². The zero-order valence-corrected chi connectivity index (χ0v) is 19.8. The lowest BCUT2D eigenvalue weighted by Crippen LogP contribution is -2.59. The maximum atomic E-state index is 13.1. The SMILES string of the molecule is CC(C)C(N)C(=O)NC(CCCCN)C(=O)NC(Cc1cnc[nH]1)C(=O)NC(C(=O)O)C(C)O. The molecule has 0 radical (unpaired) electrons. The Morgan fingerprint density at radius 1 is 1.03 bits per heavy atom. The number of nitrogens with one attached hydrogen (secondary N) is 4. The topological polar surface area (TPSA) is 226 Å². The van der Waals surface area contributed by atoms with Crippen molar-refractivity contribution in [3.63, 3.8) is 0 Å². The molecular formula is C21H37N7O6. The fourth-order valence-electron chi connectivity index (χ4n) is 3.07. The molecule has 13 nitrogen and oxygen atoms in total. The first kappa shape index (κ1) is 29.0. The Morgan fingerprint density at radius 2 is 1.65 bits per heavy atom. The van der Waals surface area contributed by atoms with Crippen LogP contribution in [0.4, 0.5) is 0 Å². The molecule has 13 heteroatoms. The lowest BCUT2D eigenvalue weighted by Gasteiger charge is -2.26. The number of nitrogens with two attached hydrogens (primary N) is 2. The Balaban J connectivity index is 3.06. The van der Waals surface area contributed by atoms with Crippen molar-refractivity contribution in [2.75, 3.05) is 6.54 Å². The number of amides is 3. The van der Waals surface area contributed by atoms with E-state index in [1.807, 2.05) is 0 Å². The number of unbranched alkanes of at least 4 members (excludes halogenated alkanes) is 1. The van der Waals surface area contributed by atoms with Gasteiger partial charge in [-0.3, -0.25) is 14.4 Å². The van der Waals surface area contributed by atoms with Gasteiger partial charge in [0.05, 0.1) is 18.5 Å². The Bertz CT molecular complexity index is 800. The van der Waals surface area contributed by atoms with Crippen molar-refractivity contribution in [1.82, 2.24) is 25.9 Å². The quantitative estimate of drug-likeness (QED) is 0.129. The molecule has 34 heavy (non-hydrogen) atoms. The molecule has 1 heterocycles. The molecule has 0 aliphatic carbocycles. The third-order valence-electron chi connectivity index (χ3n) is 5.26. The monoisotopic (exact) mass is 483 g/mol. The minimum atomic E-state index is -1.57. The predicted octanol–water partition coefficient (Wildman–Crippen LogP) is -2.02. The van der Waals surface area contributed by atoms with Crippen LogP contribution in [0.5, 0.6) is 0 Å². The highest BCUT2D eigenvalue weighted by Crippen LogP contribution is 2.07. The van der Waals surface area contributed by atoms with Gasteiger partial charge in [0.1, 0.15) is 12.1 Å². The van der Waals surface area contributed by atoms with E-state index in [4.69, 9.17) is 11.5 Å². The van der Waals surface area contributed by atoms with Crippen LogP contribution >= 0.6 is 0 Å². The number of carboxylic acids is 1. The number of imidazole rings is 1. The summed E-state index contributed by atoms with van der Waals surface area (Å²) in [5.74, 6) is -3.53. The van der Waals surface area contributed by atoms with Gasteiger partial charge in [-0.2, -0.15) is 0 Å². The van der Waals surface area contributed by atoms with Crippen LogP contribution in [0.25, 0.3) is 0 Å². The van der Waals surface area contributed by atoms with Gasteiger partial charge >= 0.3 is 5.97 Å². The molecule has 1 aromatic heterocycles. The number of aliphatic hydroxyl groups is 1. The summed E-state index contributed by atoms with van der Waals surface area (Å²) in [6.07, 6.45) is 2.89. The summed E-state index contributed by atoms with van der Waals surface area (Å²) >= 11 is 0. The number of H-pyrrole nitrogens is 1. The number of aromatic amines is 1. The fraction of sp³-hybridized carbons (Fsp3) is 0.667. The second-order valence-electron chi connectivity index (χ2n) is 8.52. The summed E-state index contributed by atoms with van der Waals surface area (Å²) in [5.41, 5.74) is 11.9. The van der Waals surface area contributed by atoms with E-state index < -0.39 is 54.0 Å². The van der Waals surface area contributed by atoms with Crippen LogP contribution < -0.4 is 27.4 Å². The van der Waals surface area contributed by atoms with Gasteiger partial charge in [0.25, 0.3) is 0 Å². The highest BCUT2D eigenvalue weighted by molar-refractivity contribution is 5.94. The molecule has 0 aliphatic heterocycles. The van der Waals surface area contributed by atoms with Crippen molar-refractivity contribution in [3.8, 4) is 0 Å². The number of hydrogen-bond acceptors (Lipinski definition) is 8. The molecule has 0 fully saturated rings. The number of nitrogens with zero attached hydrogens (tertiary/aromatic N) is 1. The molecule has 0 aromatic carbocycles. The van der Waals surface area contributed by atoms with Gasteiger partial charge in [0.2, 0.25) is 17.7 Å². The van der Waals surface area contributed by atoms with Crippen molar-refractivity contribution in [1.29, 1.82) is 0 Å². The molecular weight excluding hydrogens is 446 g/mol. The summed E-state index contributed by atoms with van der Waals surface area (Å²) in [6.45, 7) is 5.19. The molecule has 1 rings (SSSR count). The van der Waals surface area contributed by atoms with Crippen molar-refractivity contribution >= 4 is 23.7 Å². The average Bonchev–Trinajstić information content (AvgIpc) is 3.28. The molecule has 10 N–H and O–H groups in total. The molecule has 1 aromatic rings. The maximum Gasteiger partial charge on any atom is 0.328 e. The molecule has 3 amide bonds. The largest absolute Gasteiger partial charge is 0.480 e. The molecule has 0 saturated heterocycles. The van der Waals surface area contributed by atoms with Crippen LogP contribution in [-0.2, 0) is 25.6 Å². The molecule has 0 aliphatic rings. The van der Waals surface area contributed by atoms with Gasteiger partial charge in [-0.25, -0.2) is 9.78 Å². The molecule has 192 valence electrons. The average molecular weight is 484 g/mol. The summed E-state index contributed by atoms with van der Waals surface area (Å²) in [5, 5.41) is 26.4. The second-order valence-corrected chi connectivity index (χ2v) is 8.52. The van der Waals surface area contributed by atoms with E-state index in [2.05, 4.69) is 25.9 Å². The van der Waals surface area contributed by atoms with Gasteiger partial charge in [-0.1, -0.05) is 13.8 Å². The lowest BCUT2D eigenvalue weighted by molar-refractivity contribution is -0.145. The van der Waals surface area contributed by atoms with E-state index in [1.54, 1.807) is 13.8 Å². The Kier molecular flexibility index (Phi) is 12.2. The summed E-state index contributed by atoms with van der Waals surface area (Å²) in [7, 11) is 0. The Hall–Kier alpha value is -3.03. The van der Waals surface area contributed by atoms with Gasteiger partial charge in [0, 0.05) is 18.3 Å². The van der Waals surface area contributed by atoms with Crippen molar-refractivity contribution < 1.29 is 29.4 Å². The van der Waals surface area contributed by atoms with E-state index >= 15 is 0 Å². The van der Waals surface area contributed by atoms with Gasteiger partial charge < -0.3 is 42.6 Å². The second kappa shape index (κ2) is 14.3. The van der Waals surface area contributed by atoms with Crippen LogP contribution in [0.3, 0.4) is 0 Å². The fourth-order valence-corrected chi connectivity index (χ4v) is 3.07. The molecule has 0 saturated carbocycles. The van der Waals surface area contributed by atoms with Crippen molar-refractivity contribution in [2.45, 2.75) is 76.7 Å². The van der Waals surface area contributed by atoms with E-state index in [0.29, 0.717) is 25.1 Å². The highest BCUT2D eigenvalue weighted by Gasteiger charge is 2.32. The Morgan fingerprint density at radius 3 is 2.15 bits per heavy atom. The van der Waals surface area contributed by atoms with E-state index in [1.165, 1.54) is 19.4 Å². The van der Waals surface area contributed by atoms with E-state index in [9.17, 15) is 29.4 Å². The number of aliphatic carboxylic acids is 1. The van der Waals surface area contributed by atoms with Crippen molar-refractivity contribution in [2.24, 2.45) is 17.4 Å². The number of hydrogen-bond donors (Lipinski definition) is 8. The first-order chi connectivity index (χ1) is 16.0. The molecule has 5 atom stereocenters. The number of rotatable bonds is 15. The number of carboxylic acid groups (broad SMARTS) is 1. The van der Waals surface area contributed by atoms with Crippen LogP contribution in [0.15, 0.2) is 12.5 Å². The maximum absolute atomic E-state index is 13.1. The summed E-state index contributed by atoms with van der Waals surface area (Å²) < 4.78 is 0. The highest BCUT2D eigenvalue weighted by atomic mass is 16.4. The minimum absolute atomic E-state index is 0.0291. The standard InChI is InChI=1S/C21H37N7O6/c1-11(2)16(23)20(32)26-14(6-4-5-7-22)18(30)27-15(8-13-9-24-10-25-13)19(31)28-17(12(3)29)21(33)34/h9-12,14-17,29H,4-8,22-23H2,1-3H3,(H,24,25)(H,26,32)(H,27,30)(H,28,31)(H,33,34). The predicted molar refractivity (Wildman–Crippen MR) is 123 cm³/mol. The van der Waals surface area contributed by atoms with Crippen LogP contribution in [0.2, 0.25) is 0 Å². The minimum Gasteiger partial charge on any atom is -0.480 e. The third kappa shape index (κ3) is 9.45. The smallest absolute Gasteiger partial charge is 0.328 e. The first-order valence-electron chi connectivity index (χ1n) is 11.2. The summed E-state index contributed by atoms with van der Waals surface area (Å²) in [4.78, 5) is 56.5. The number of carbonyl (C=O) groups excluding carboxylic acids is 3. The number of carbonyl (C=O) groups is 4. The van der Waals surface area contributed by atoms with Crippen LogP contribution in [0, 0.1) is 5.92 Å². The first-order valence-corrected chi connectivity index (χ1v) is 11.2. The van der Waals surface area contributed by atoms with Crippen molar-refractivity contribution in [3.05, 3.63) is 18.2 Å². The third-order valence-corrected chi connectivity index (χ3v) is 5.26. The summed E-state index contributed by atoms with van der Waals surface area (Å²) in [6, 6.07) is -4.58. The van der Waals surface area contributed by atoms with Gasteiger partial charge in [-0.15, -0.1) is 0 Å². The number of aromatic nitrogens is 2. The molecule has 0 spiro atoms. The zero-order chi connectivity index (χ0) is 25.8. The van der Waals surface area contributed by atoms with E-state index in [-0.39, 0.29) is 18.8 Å². The normalized spacial score (nSPS) is 15.6. The zero-order valence-electron chi connectivity index (χ0n) is 19.8.